The summed E-state index contributed by atoms with van der Waals surface area (Å²) in [6, 6.07) is 1.79. The minimum atomic E-state index is -0.495. The third kappa shape index (κ3) is 2.32. The maximum atomic E-state index is 12.4. The van der Waals surface area contributed by atoms with Crippen LogP contribution in [0, 0.1) is 0 Å². The van der Waals surface area contributed by atoms with Crippen LogP contribution in [0.3, 0.4) is 0 Å². The molecule has 0 aliphatic rings. The average Bonchev–Trinajstić information content (AvgIpc) is 2.65. The molecule has 1 heterocycles. The Kier molecular flexibility index (Phi) is 3.86. The van der Waals surface area contributed by atoms with Crippen molar-refractivity contribution in [2.24, 2.45) is 0 Å². The number of rotatable bonds is 5. The van der Waals surface area contributed by atoms with Gasteiger partial charge in [0, 0.05) is 12.7 Å². The van der Waals surface area contributed by atoms with Crippen LogP contribution in [-0.4, -0.2) is 40.1 Å². The minimum absolute atomic E-state index is 0.114. The quantitative estimate of drug-likeness (QED) is 0.715. The first-order valence-electron chi connectivity index (χ1n) is 5.65. The van der Waals surface area contributed by atoms with E-state index in [0.717, 1.165) is 13.0 Å². The first kappa shape index (κ1) is 12.9. The molecule has 0 saturated carbocycles. The van der Waals surface area contributed by atoms with Crippen LogP contribution >= 0.6 is 0 Å². The molecule has 0 aromatic carbocycles. The SMILES string of the molecule is CCCn1nccc1C(=O)C(C)(C)N(C)C. The van der Waals surface area contributed by atoms with E-state index in [1.165, 1.54) is 0 Å². The van der Waals surface area contributed by atoms with Crippen molar-refractivity contribution in [3.8, 4) is 0 Å². The van der Waals surface area contributed by atoms with Gasteiger partial charge in [-0.15, -0.1) is 0 Å². The molecule has 0 amide bonds. The maximum absolute atomic E-state index is 12.4. The van der Waals surface area contributed by atoms with Gasteiger partial charge in [0.2, 0.25) is 0 Å². The zero-order valence-electron chi connectivity index (χ0n) is 10.8. The second-order valence-electron chi connectivity index (χ2n) is 4.72. The van der Waals surface area contributed by atoms with Gasteiger partial charge in [0.05, 0.1) is 5.54 Å². The molecular formula is C12H21N3O. The fourth-order valence-electron chi connectivity index (χ4n) is 1.43. The van der Waals surface area contributed by atoms with Gasteiger partial charge in [-0.05, 0) is 40.4 Å². The van der Waals surface area contributed by atoms with Crippen molar-refractivity contribution in [2.75, 3.05) is 14.1 Å². The summed E-state index contributed by atoms with van der Waals surface area (Å²) in [6.45, 7) is 6.72. The van der Waals surface area contributed by atoms with Crippen molar-refractivity contribution < 1.29 is 4.79 Å². The van der Waals surface area contributed by atoms with E-state index in [-0.39, 0.29) is 5.78 Å². The molecule has 16 heavy (non-hydrogen) atoms. The van der Waals surface area contributed by atoms with E-state index in [9.17, 15) is 4.79 Å². The molecule has 0 unspecified atom stereocenters. The van der Waals surface area contributed by atoms with Crippen LogP contribution in [0.2, 0.25) is 0 Å². The molecule has 0 bridgehead atoms. The molecule has 1 rings (SSSR count). The normalized spacial score (nSPS) is 12.1. The van der Waals surface area contributed by atoms with Crippen LogP contribution in [0.5, 0.6) is 0 Å². The summed E-state index contributed by atoms with van der Waals surface area (Å²) < 4.78 is 1.79. The topological polar surface area (TPSA) is 38.1 Å². The van der Waals surface area contributed by atoms with Gasteiger partial charge in [-0.3, -0.25) is 14.4 Å². The van der Waals surface area contributed by atoms with E-state index >= 15 is 0 Å². The second kappa shape index (κ2) is 4.78. The van der Waals surface area contributed by atoms with Gasteiger partial charge < -0.3 is 0 Å². The van der Waals surface area contributed by atoms with Crippen LogP contribution in [-0.2, 0) is 6.54 Å². The van der Waals surface area contributed by atoms with Gasteiger partial charge in [-0.25, -0.2) is 0 Å². The van der Waals surface area contributed by atoms with Gasteiger partial charge in [0.25, 0.3) is 0 Å². The highest BCUT2D eigenvalue weighted by atomic mass is 16.1. The number of Topliss-reactive ketones (excluding diaryl/α,β-unsaturated/α-hetero) is 1. The lowest BCUT2D eigenvalue weighted by atomic mass is 9.95. The van der Waals surface area contributed by atoms with Crippen LogP contribution in [0.25, 0.3) is 0 Å². The fraction of sp³-hybridized carbons (Fsp3) is 0.667. The molecule has 0 aliphatic carbocycles. The number of nitrogens with zero attached hydrogens (tertiary/aromatic N) is 3. The standard InChI is InChI=1S/C12H21N3O/c1-6-9-15-10(7-8-13-15)11(16)12(2,3)14(4)5/h7-8H,6,9H2,1-5H3. The molecule has 1 aromatic heterocycles. The summed E-state index contributed by atoms with van der Waals surface area (Å²) in [5.41, 5.74) is 0.200. The lowest BCUT2D eigenvalue weighted by Crippen LogP contribution is -2.46. The molecule has 4 nitrogen and oxygen atoms in total. The third-order valence-electron chi connectivity index (χ3n) is 3.06. The van der Waals surface area contributed by atoms with Gasteiger partial charge in [-0.1, -0.05) is 6.92 Å². The van der Waals surface area contributed by atoms with Crippen molar-refractivity contribution in [1.82, 2.24) is 14.7 Å². The van der Waals surface area contributed by atoms with Crippen LogP contribution < -0.4 is 0 Å². The summed E-state index contributed by atoms with van der Waals surface area (Å²) in [6.07, 6.45) is 2.67. The van der Waals surface area contributed by atoms with Crippen molar-refractivity contribution in [1.29, 1.82) is 0 Å². The van der Waals surface area contributed by atoms with E-state index in [2.05, 4.69) is 12.0 Å². The highest BCUT2D eigenvalue weighted by Crippen LogP contribution is 2.17. The zero-order chi connectivity index (χ0) is 12.3. The van der Waals surface area contributed by atoms with Gasteiger partial charge in [0.1, 0.15) is 5.69 Å². The summed E-state index contributed by atoms with van der Waals surface area (Å²) >= 11 is 0. The Morgan fingerprint density at radius 3 is 2.62 bits per heavy atom. The molecule has 0 fully saturated rings. The highest BCUT2D eigenvalue weighted by molar-refractivity contribution is 6.01. The predicted molar refractivity (Wildman–Crippen MR) is 64.6 cm³/mol. The van der Waals surface area contributed by atoms with Crippen LogP contribution in [0.4, 0.5) is 0 Å². The van der Waals surface area contributed by atoms with E-state index in [1.54, 1.807) is 16.9 Å². The Morgan fingerprint density at radius 1 is 1.50 bits per heavy atom. The summed E-state index contributed by atoms with van der Waals surface area (Å²) in [5.74, 6) is 0.114. The Balaban J connectivity index is 3.00. The average molecular weight is 223 g/mol. The third-order valence-corrected chi connectivity index (χ3v) is 3.06. The molecule has 0 saturated heterocycles. The Morgan fingerprint density at radius 2 is 2.12 bits per heavy atom. The smallest absolute Gasteiger partial charge is 0.200 e. The second-order valence-corrected chi connectivity index (χ2v) is 4.72. The summed E-state index contributed by atoms with van der Waals surface area (Å²) in [7, 11) is 3.83. The van der Waals surface area contributed by atoms with Gasteiger partial charge >= 0.3 is 0 Å². The molecule has 0 N–H and O–H groups in total. The molecule has 1 aromatic rings. The minimum Gasteiger partial charge on any atom is -0.297 e. The Labute approximate surface area is 97.2 Å². The van der Waals surface area contributed by atoms with Crippen molar-refractivity contribution in [2.45, 2.75) is 39.3 Å². The summed E-state index contributed by atoms with van der Waals surface area (Å²) in [5, 5.41) is 4.18. The Bertz CT molecular complexity index is 366. The van der Waals surface area contributed by atoms with E-state index in [4.69, 9.17) is 0 Å². The number of carbonyl (C=O) groups excluding carboxylic acids is 1. The first-order chi connectivity index (χ1) is 7.41. The van der Waals surface area contributed by atoms with Gasteiger partial charge in [-0.2, -0.15) is 5.10 Å². The largest absolute Gasteiger partial charge is 0.297 e. The van der Waals surface area contributed by atoms with Crippen LogP contribution in [0.1, 0.15) is 37.7 Å². The molecular weight excluding hydrogens is 202 g/mol. The Hall–Kier alpha value is -1.16. The number of aryl methyl sites for hydroxylation is 1. The molecule has 0 radical (unpaired) electrons. The van der Waals surface area contributed by atoms with E-state index in [1.807, 2.05) is 32.8 Å². The zero-order valence-corrected chi connectivity index (χ0v) is 10.8. The van der Waals surface area contributed by atoms with Crippen molar-refractivity contribution in [3.05, 3.63) is 18.0 Å². The molecule has 0 spiro atoms. The lowest BCUT2D eigenvalue weighted by molar-refractivity contribution is 0.0743. The fourth-order valence-corrected chi connectivity index (χ4v) is 1.43. The van der Waals surface area contributed by atoms with Crippen molar-refractivity contribution >= 4 is 5.78 Å². The number of hydrogen-bond acceptors (Lipinski definition) is 3. The molecule has 4 heteroatoms. The van der Waals surface area contributed by atoms with E-state index in [0.29, 0.717) is 5.69 Å². The monoisotopic (exact) mass is 223 g/mol. The molecule has 0 atom stereocenters. The summed E-state index contributed by atoms with van der Waals surface area (Å²) in [4.78, 5) is 14.3. The highest BCUT2D eigenvalue weighted by Gasteiger charge is 2.32. The number of carbonyl (C=O) groups is 1. The number of ketones is 1. The van der Waals surface area contributed by atoms with Crippen LogP contribution in [0.15, 0.2) is 12.3 Å². The van der Waals surface area contributed by atoms with Gasteiger partial charge in [0.15, 0.2) is 5.78 Å². The molecule has 0 aliphatic heterocycles. The van der Waals surface area contributed by atoms with E-state index < -0.39 is 5.54 Å². The number of likely N-dealkylation sites (N-methyl/N-ethyl adjacent to an activating group) is 1. The molecule has 90 valence electrons. The maximum Gasteiger partial charge on any atom is 0.200 e. The number of hydrogen-bond donors (Lipinski definition) is 0. The van der Waals surface area contributed by atoms with Crippen molar-refractivity contribution in [3.63, 3.8) is 0 Å². The first-order valence-corrected chi connectivity index (χ1v) is 5.65. The predicted octanol–water partition coefficient (Wildman–Crippen LogP) is 1.82. The number of aromatic nitrogens is 2. The lowest BCUT2D eigenvalue weighted by Gasteiger charge is -2.30.